The van der Waals surface area contributed by atoms with Crippen molar-refractivity contribution in [3.05, 3.63) is 35.9 Å². The maximum atomic E-state index is 13.0. The van der Waals surface area contributed by atoms with E-state index < -0.39 is 0 Å². The molecule has 3 heterocycles. The van der Waals surface area contributed by atoms with Gasteiger partial charge in [0.15, 0.2) is 0 Å². The van der Waals surface area contributed by atoms with Gasteiger partial charge in [0.1, 0.15) is 0 Å². The van der Waals surface area contributed by atoms with Gasteiger partial charge in [0.2, 0.25) is 11.8 Å². The van der Waals surface area contributed by atoms with Gasteiger partial charge in [0.25, 0.3) is 0 Å². The summed E-state index contributed by atoms with van der Waals surface area (Å²) in [5, 5.41) is 3.65. The first-order valence-corrected chi connectivity index (χ1v) is 10.9. The minimum atomic E-state index is 0.0794. The Morgan fingerprint density at radius 1 is 1.04 bits per heavy atom. The fraction of sp³-hybridized carbons (Fsp3) is 0.652. The van der Waals surface area contributed by atoms with Gasteiger partial charge < -0.3 is 15.1 Å². The molecule has 0 spiro atoms. The van der Waals surface area contributed by atoms with Crippen LogP contribution in [0.2, 0.25) is 0 Å². The van der Waals surface area contributed by atoms with Gasteiger partial charge in [-0.05, 0) is 50.5 Å². The molecule has 2 bridgehead atoms. The molecule has 2 atom stereocenters. The van der Waals surface area contributed by atoms with Gasteiger partial charge in [-0.1, -0.05) is 30.3 Å². The first kappa shape index (κ1) is 19.4. The summed E-state index contributed by atoms with van der Waals surface area (Å²) >= 11 is 0. The molecule has 5 nitrogen and oxygen atoms in total. The van der Waals surface area contributed by atoms with Crippen molar-refractivity contribution < 1.29 is 9.59 Å². The first-order valence-electron chi connectivity index (χ1n) is 10.9. The van der Waals surface area contributed by atoms with Crippen LogP contribution in [-0.4, -0.2) is 59.9 Å². The quantitative estimate of drug-likeness (QED) is 0.850. The molecule has 3 aliphatic heterocycles. The molecule has 3 aliphatic rings. The molecule has 0 radical (unpaired) electrons. The predicted molar refractivity (Wildman–Crippen MR) is 110 cm³/mol. The molecule has 0 aliphatic carbocycles. The Morgan fingerprint density at radius 2 is 1.68 bits per heavy atom. The number of carbonyl (C=O) groups excluding carboxylic acids is 2. The molecule has 152 valence electrons. The SMILES string of the molecule is CN(C(=O)C1CCN(C(=O)CCc2ccccc2)CC1)C1CC2CCC(C1)N2. The molecule has 1 aromatic carbocycles. The average molecular weight is 384 g/mol. The van der Waals surface area contributed by atoms with Crippen molar-refractivity contribution in [3.63, 3.8) is 0 Å². The standard InChI is InChI=1S/C23H33N3O2/c1-25(21-15-19-8-9-20(16-21)24-19)23(28)18-11-13-26(14-12-18)22(27)10-7-17-5-3-2-4-6-17/h2-6,18-21,24H,7-16H2,1H3. The molecule has 1 aromatic rings. The Labute approximate surface area is 168 Å². The van der Waals surface area contributed by atoms with Crippen LogP contribution in [0.1, 0.15) is 50.5 Å². The van der Waals surface area contributed by atoms with E-state index in [1.807, 2.05) is 35.0 Å². The molecule has 28 heavy (non-hydrogen) atoms. The van der Waals surface area contributed by atoms with Crippen molar-refractivity contribution in [3.8, 4) is 0 Å². The Kier molecular flexibility index (Phi) is 6.00. The zero-order valence-corrected chi connectivity index (χ0v) is 17.0. The molecular weight excluding hydrogens is 350 g/mol. The van der Waals surface area contributed by atoms with Crippen molar-refractivity contribution in [2.45, 2.75) is 69.5 Å². The van der Waals surface area contributed by atoms with Crippen molar-refractivity contribution in [1.29, 1.82) is 0 Å². The molecule has 0 aromatic heterocycles. The van der Waals surface area contributed by atoms with E-state index in [9.17, 15) is 9.59 Å². The monoisotopic (exact) mass is 383 g/mol. The molecular formula is C23H33N3O2. The van der Waals surface area contributed by atoms with Gasteiger partial charge in [-0.15, -0.1) is 0 Å². The molecule has 2 amide bonds. The van der Waals surface area contributed by atoms with Gasteiger partial charge in [0, 0.05) is 50.6 Å². The lowest BCUT2D eigenvalue weighted by Crippen LogP contribution is -2.51. The second-order valence-corrected chi connectivity index (χ2v) is 8.85. The van der Waals surface area contributed by atoms with E-state index in [-0.39, 0.29) is 11.8 Å². The third-order valence-corrected chi connectivity index (χ3v) is 7.01. The van der Waals surface area contributed by atoms with Crippen molar-refractivity contribution in [1.82, 2.24) is 15.1 Å². The highest BCUT2D eigenvalue weighted by molar-refractivity contribution is 5.80. The third-order valence-electron chi connectivity index (χ3n) is 7.01. The summed E-state index contributed by atoms with van der Waals surface area (Å²) in [5.74, 6) is 0.594. The predicted octanol–water partition coefficient (Wildman–Crippen LogP) is 2.60. The lowest BCUT2D eigenvalue weighted by molar-refractivity contribution is -0.141. The normalized spacial score (nSPS) is 27.6. The fourth-order valence-corrected chi connectivity index (χ4v) is 5.24. The van der Waals surface area contributed by atoms with Gasteiger partial charge in [-0.2, -0.15) is 0 Å². The van der Waals surface area contributed by atoms with E-state index in [1.54, 1.807) is 0 Å². The van der Waals surface area contributed by atoms with Crippen LogP contribution in [0, 0.1) is 5.92 Å². The number of likely N-dealkylation sites (tertiary alicyclic amines) is 1. The molecule has 4 rings (SSSR count). The number of amides is 2. The van der Waals surface area contributed by atoms with E-state index in [2.05, 4.69) is 17.4 Å². The highest BCUT2D eigenvalue weighted by atomic mass is 16.2. The number of hydrogen-bond acceptors (Lipinski definition) is 3. The lowest BCUT2D eigenvalue weighted by atomic mass is 9.92. The van der Waals surface area contributed by atoms with Gasteiger partial charge in [-0.25, -0.2) is 0 Å². The number of fused-ring (bicyclic) bond motifs is 2. The summed E-state index contributed by atoms with van der Waals surface area (Å²) in [6.45, 7) is 1.44. The molecule has 1 N–H and O–H groups in total. The number of carbonyl (C=O) groups is 2. The van der Waals surface area contributed by atoms with Crippen LogP contribution in [0.5, 0.6) is 0 Å². The summed E-state index contributed by atoms with van der Waals surface area (Å²) < 4.78 is 0. The highest BCUT2D eigenvalue weighted by Crippen LogP contribution is 2.31. The van der Waals surface area contributed by atoms with Crippen molar-refractivity contribution >= 4 is 11.8 Å². The number of benzene rings is 1. The van der Waals surface area contributed by atoms with Crippen LogP contribution >= 0.6 is 0 Å². The summed E-state index contributed by atoms with van der Waals surface area (Å²) in [7, 11) is 2.00. The number of rotatable bonds is 5. The molecule has 3 saturated heterocycles. The Balaban J connectivity index is 1.23. The Morgan fingerprint density at radius 3 is 2.32 bits per heavy atom. The topological polar surface area (TPSA) is 52.7 Å². The number of aryl methyl sites for hydroxylation is 1. The van der Waals surface area contributed by atoms with Crippen LogP contribution in [0.15, 0.2) is 30.3 Å². The minimum absolute atomic E-state index is 0.0794. The van der Waals surface area contributed by atoms with Crippen LogP contribution in [-0.2, 0) is 16.0 Å². The smallest absolute Gasteiger partial charge is 0.225 e. The summed E-state index contributed by atoms with van der Waals surface area (Å²) in [6, 6.07) is 11.8. The molecule has 0 saturated carbocycles. The van der Waals surface area contributed by atoms with E-state index in [0.29, 0.717) is 30.5 Å². The number of nitrogens with one attached hydrogen (secondary N) is 1. The molecule has 3 fully saturated rings. The number of hydrogen-bond donors (Lipinski definition) is 1. The van der Waals surface area contributed by atoms with Crippen LogP contribution in [0.3, 0.4) is 0 Å². The molecule has 5 heteroatoms. The number of piperidine rings is 2. The second-order valence-electron chi connectivity index (χ2n) is 8.85. The van der Waals surface area contributed by atoms with E-state index in [0.717, 1.165) is 45.2 Å². The van der Waals surface area contributed by atoms with Crippen molar-refractivity contribution in [2.24, 2.45) is 5.92 Å². The van der Waals surface area contributed by atoms with Crippen molar-refractivity contribution in [2.75, 3.05) is 20.1 Å². The zero-order valence-electron chi connectivity index (χ0n) is 17.0. The maximum Gasteiger partial charge on any atom is 0.225 e. The fourth-order valence-electron chi connectivity index (χ4n) is 5.24. The van der Waals surface area contributed by atoms with Crippen LogP contribution in [0.25, 0.3) is 0 Å². The zero-order chi connectivity index (χ0) is 19.5. The van der Waals surface area contributed by atoms with E-state index in [4.69, 9.17) is 0 Å². The third kappa shape index (κ3) is 4.40. The Bertz CT molecular complexity index is 672. The number of nitrogens with zero attached hydrogens (tertiary/aromatic N) is 2. The average Bonchev–Trinajstić information content (AvgIpc) is 3.09. The van der Waals surface area contributed by atoms with E-state index >= 15 is 0 Å². The minimum Gasteiger partial charge on any atom is -0.343 e. The van der Waals surface area contributed by atoms with Gasteiger partial charge >= 0.3 is 0 Å². The second kappa shape index (κ2) is 8.64. The summed E-state index contributed by atoms with van der Waals surface area (Å²) in [4.78, 5) is 29.5. The summed E-state index contributed by atoms with van der Waals surface area (Å²) in [6.07, 6.45) is 7.65. The largest absolute Gasteiger partial charge is 0.343 e. The Hall–Kier alpha value is -1.88. The van der Waals surface area contributed by atoms with Crippen LogP contribution < -0.4 is 5.32 Å². The van der Waals surface area contributed by atoms with Crippen LogP contribution in [0.4, 0.5) is 0 Å². The maximum absolute atomic E-state index is 13.0. The van der Waals surface area contributed by atoms with Gasteiger partial charge in [0.05, 0.1) is 0 Å². The molecule has 2 unspecified atom stereocenters. The highest BCUT2D eigenvalue weighted by Gasteiger charge is 2.38. The first-order chi connectivity index (χ1) is 13.6. The lowest BCUT2D eigenvalue weighted by Gasteiger charge is -2.39. The van der Waals surface area contributed by atoms with Gasteiger partial charge in [-0.3, -0.25) is 9.59 Å². The summed E-state index contributed by atoms with van der Waals surface area (Å²) in [5.41, 5.74) is 1.21. The van der Waals surface area contributed by atoms with E-state index in [1.165, 1.54) is 18.4 Å².